The number of nitrogens with two attached hydrogens (primary N) is 1. The lowest BCUT2D eigenvalue weighted by atomic mass is 9.94. The summed E-state index contributed by atoms with van der Waals surface area (Å²) in [4.78, 5) is 0. The van der Waals surface area contributed by atoms with Crippen molar-refractivity contribution in [3.63, 3.8) is 0 Å². The van der Waals surface area contributed by atoms with Crippen molar-refractivity contribution in [3.8, 4) is 16.9 Å². The minimum atomic E-state index is 0.307. The predicted molar refractivity (Wildman–Crippen MR) is 81.0 cm³/mol. The van der Waals surface area contributed by atoms with Gasteiger partial charge in [-0.1, -0.05) is 37.1 Å². The molecule has 0 aliphatic carbocycles. The molecule has 2 N–H and O–H groups in total. The van der Waals surface area contributed by atoms with Gasteiger partial charge in [-0.2, -0.15) is 0 Å². The van der Waals surface area contributed by atoms with Crippen LogP contribution >= 0.6 is 0 Å². The van der Waals surface area contributed by atoms with E-state index in [2.05, 4.69) is 25.1 Å². The summed E-state index contributed by atoms with van der Waals surface area (Å²) in [5.41, 5.74) is 9.87. The fourth-order valence-corrected chi connectivity index (χ4v) is 2.51. The second kappa shape index (κ2) is 5.99. The molecule has 0 spiro atoms. The number of aromatic nitrogens is 1. The van der Waals surface area contributed by atoms with Crippen molar-refractivity contribution in [1.29, 1.82) is 0 Å². The van der Waals surface area contributed by atoms with Crippen molar-refractivity contribution in [2.75, 3.05) is 12.8 Å². The van der Waals surface area contributed by atoms with Gasteiger partial charge in [-0.15, -0.1) is 0 Å². The monoisotopic (exact) mass is 274 g/mol. The summed E-state index contributed by atoms with van der Waals surface area (Å²) in [5, 5.41) is 4.16. The lowest BCUT2D eigenvalue weighted by molar-refractivity contribution is 0.416. The number of nitrogen functional groups attached to an aromatic ring is 1. The molecule has 4 nitrogen and oxygen atoms in total. The zero-order valence-corrected chi connectivity index (χ0v) is 12.6. The zero-order chi connectivity index (χ0) is 14.7. The molecule has 2 aromatic rings. The molecule has 0 aliphatic rings. The highest BCUT2D eigenvalue weighted by Gasteiger charge is 2.22. The van der Waals surface area contributed by atoms with E-state index in [1.807, 2.05) is 19.1 Å². The highest BCUT2D eigenvalue weighted by Crippen LogP contribution is 2.40. The predicted octanol–water partition coefficient (Wildman–Crippen LogP) is 4.14. The number of hydrogen-bond donors (Lipinski definition) is 1. The Kier molecular flexibility index (Phi) is 4.32. The van der Waals surface area contributed by atoms with Crippen molar-refractivity contribution in [1.82, 2.24) is 5.16 Å². The van der Waals surface area contributed by atoms with E-state index in [0.29, 0.717) is 11.8 Å². The van der Waals surface area contributed by atoms with Crippen LogP contribution in [0.25, 0.3) is 11.1 Å². The maximum absolute atomic E-state index is 6.00. The first-order valence-electron chi connectivity index (χ1n) is 6.98. The number of methoxy groups -OCH3 is 1. The van der Waals surface area contributed by atoms with Gasteiger partial charge in [-0.3, -0.25) is 0 Å². The van der Waals surface area contributed by atoms with Gasteiger partial charge in [0.2, 0.25) is 5.88 Å². The third kappa shape index (κ3) is 2.64. The minimum Gasteiger partial charge on any atom is -0.496 e. The molecule has 1 heterocycles. The first kappa shape index (κ1) is 14.4. The molecule has 20 heavy (non-hydrogen) atoms. The smallest absolute Gasteiger partial charge is 0.230 e. The van der Waals surface area contributed by atoms with Gasteiger partial charge in [0.1, 0.15) is 5.75 Å². The maximum Gasteiger partial charge on any atom is 0.230 e. The van der Waals surface area contributed by atoms with Gasteiger partial charge >= 0.3 is 0 Å². The number of hydrogen-bond acceptors (Lipinski definition) is 4. The summed E-state index contributed by atoms with van der Waals surface area (Å²) in [6.45, 7) is 6.35. The Labute approximate surface area is 119 Å². The molecule has 0 aliphatic heterocycles. The third-order valence-corrected chi connectivity index (χ3v) is 3.56. The lowest BCUT2D eigenvalue weighted by Crippen LogP contribution is -1.98. The zero-order valence-electron chi connectivity index (χ0n) is 12.6. The van der Waals surface area contributed by atoms with Crippen molar-refractivity contribution >= 4 is 5.88 Å². The SMILES string of the molecule is CCCC(C)c1noc(N)c1-c1cc(C)ccc1OC. The fourth-order valence-electron chi connectivity index (χ4n) is 2.51. The molecular formula is C16H22N2O2. The fraction of sp³-hybridized carbons (Fsp3) is 0.438. The summed E-state index contributed by atoms with van der Waals surface area (Å²) < 4.78 is 10.7. The molecule has 4 heteroatoms. The van der Waals surface area contributed by atoms with Gasteiger partial charge in [0.15, 0.2) is 0 Å². The van der Waals surface area contributed by atoms with E-state index >= 15 is 0 Å². The Morgan fingerprint density at radius 2 is 2.15 bits per heavy atom. The second-order valence-corrected chi connectivity index (χ2v) is 5.20. The van der Waals surface area contributed by atoms with Crippen molar-refractivity contribution in [2.45, 2.75) is 39.5 Å². The first-order valence-corrected chi connectivity index (χ1v) is 6.98. The van der Waals surface area contributed by atoms with E-state index in [9.17, 15) is 0 Å². The molecule has 1 atom stereocenters. The summed E-state index contributed by atoms with van der Waals surface area (Å²) in [5.74, 6) is 1.45. The van der Waals surface area contributed by atoms with Gasteiger partial charge in [0, 0.05) is 11.5 Å². The van der Waals surface area contributed by atoms with E-state index in [-0.39, 0.29) is 0 Å². The average Bonchev–Trinajstić information content (AvgIpc) is 2.80. The second-order valence-electron chi connectivity index (χ2n) is 5.20. The van der Waals surface area contributed by atoms with Crippen LogP contribution in [-0.4, -0.2) is 12.3 Å². The first-order chi connectivity index (χ1) is 9.58. The number of ether oxygens (including phenoxy) is 1. The van der Waals surface area contributed by atoms with Crippen LogP contribution in [0.1, 0.15) is 43.9 Å². The highest BCUT2D eigenvalue weighted by molar-refractivity contribution is 5.80. The van der Waals surface area contributed by atoms with E-state index in [1.165, 1.54) is 0 Å². The van der Waals surface area contributed by atoms with Gasteiger partial charge in [-0.25, -0.2) is 0 Å². The molecule has 1 unspecified atom stereocenters. The van der Waals surface area contributed by atoms with Crippen LogP contribution in [0.4, 0.5) is 5.88 Å². The van der Waals surface area contributed by atoms with Gasteiger partial charge in [0.05, 0.1) is 18.4 Å². The van der Waals surface area contributed by atoms with Crippen LogP contribution in [0.5, 0.6) is 5.75 Å². The summed E-state index contributed by atoms with van der Waals surface area (Å²) in [6.07, 6.45) is 2.14. The summed E-state index contributed by atoms with van der Waals surface area (Å²) in [6, 6.07) is 6.02. The molecule has 2 rings (SSSR count). The van der Waals surface area contributed by atoms with Gasteiger partial charge in [-0.05, 0) is 25.5 Å². The van der Waals surface area contributed by atoms with Crippen LogP contribution in [0.3, 0.4) is 0 Å². The molecule has 0 radical (unpaired) electrons. The maximum atomic E-state index is 6.00. The highest BCUT2D eigenvalue weighted by atomic mass is 16.5. The third-order valence-electron chi connectivity index (χ3n) is 3.56. The molecule has 0 saturated heterocycles. The molecule has 1 aromatic heterocycles. The topological polar surface area (TPSA) is 61.3 Å². The quantitative estimate of drug-likeness (QED) is 0.890. The number of aryl methyl sites for hydroxylation is 1. The minimum absolute atomic E-state index is 0.307. The number of anilines is 1. The normalized spacial score (nSPS) is 12.4. The molecule has 0 fully saturated rings. The molecule has 0 amide bonds. The number of rotatable bonds is 5. The van der Waals surface area contributed by atoms with E-state index in [1.54, 1.807) is 7.11 Å². The van der Waals surface area contributed by atoms with Crippen LogP contribution in [0.2, 0.25) is 0 Å². The Bertz CT molecular complexity index is 590. The molecule has 108 valence electrons. The lowest BCUT2D eigenvalue weighted by Gasteiger charge is -2.12. The van der Waals surface area contributed by atoms with E-state index in [0.717, 1.165) is 41.0 Å². The van der Waals surface area contributed by atoms with E-state index in [4.69, 9.17) is 15.0 Å². The van der Waals surface area contributed by atoms with Crippen LogP contribution < -0.4 is 10.5 Å². The van der Waals surface area contributed by atoms with E-state index < -0.39 is 0 Å². The number of benzene rings is 1. The standard InChI is InChI=1S/C16H22N2O2/c1-5-6-11(3)15-14(16(17)20-18-15)12-9-10(2)7-8-13(12)19-4/h7-9,11H,5-6,17H2,1-4H3. The number of nitrogens with zero attached hydrogens (tertiary/aromatic N) is 1. The van der Waals surface area contributed by atoms with Crippen LogP contribution in [0, 0.1) is 6.92 Å². The van der Waals surface area contributed by atoms with Crippen molar-refractivity contribution in [2.24, 2.45) is 0 Å². The molecule has 1 aromatic carbocycles. The molecular weight excluding hydrogens is 252 g/mol. The van der Waals surface area contributed by atoms with Crippen molar-refractivity contribution in [3.05, 3.63) is 29.5 Å². The Hall–Kier alpha value is -1.97. The Morgan fingerprint density at radius 1 is 1.40 bits per heavy atom. The van der Waals surface area contributed by atoms with Crippen molar-refractivity contribution < 1.29 is 9.26 Å². The van der Waals surface area contributed by atoms with Gasteiger partial charge in [0.25, 0.3) is 0 Å². The van der Waals surface area contributed by atoms with Gasteiger partial charge < -0.3 is 15.0 Å². The Balaban J connectivity index is 2.57. The summed E-state index contributed by atoms with van der Waals surface area (Å²) in [7, 11) is 1.66. The molecule has 0 saturated carbocycles. The Morgan fingerprint density at radius 3 is 2.80 bits per heavy atom. The van der Waals surface area contributed by atoms with Crippen LogP contribution in [-0.2, 0) is 0 Å². The molecule has 0 bridgehead atoms. The summed E-state index contributed by atoms with van der Waals surface area (Å²) >= 11 is 0. The van der Waals surface area contributed by atoms with Crippen LogP contribution in [0.15, 0.2) is 22.7 Å². The largest absolute Gasteiger partial charge is 0.496 e. The average molecular weight is 274 g/mol.